The van der Waals surface area contributed by atoms with Gasteiger partial charge in [0.15, 0.2) is 0 Å². The summed E-state index contributed by atoms with van der Waals surface area (Å²) < 4.78 is 0. The van der Waals surface area contributed by atoms with E-state index in [0.29, 0.717) is 43.3 Å². The standard InChI is InChI=1S/C39H47N5O4/c1-26(2)28-5-8-31(9-6-28)40-32-15-19-43(20-16-32)33-10-3-27(4-11-33)24-42-21-17-39(48,18-22-42)30-7-12-34-29(23-30)25-44(38(34)47)35-13-14-36(45)41-37(35)46/h3-12,23,26,32,35,40,48H,13-22,24-25H2,1-2H3,(H,41,45,46). The maximum atomic E-state index is 13.1. The summed E-state index contributed by atoms with van der Waals surface area (Å²) in [5, 5.41) is 17.8. The van der Waals surface area contributed by atoms with Gasteiger partial charge < -0.3 is 20.2 Å². The lowest BCUT2D eigenvalue weighted by Gasteiger charge is -2.39. The van der Waals surface area contributed by atoms with Crippen LogP contribution in [0.5, 0.6) is 0 Å². The van der Waals surface area contributed by atoms with E-state index in [-0.39, 0.29) is 18.2 Å². The Labute approximate surface area is 283 Å². The van der Waals surface area contributed by atoms with E-state index in [1.54, 1.807) is 11.0 Å². The highest BCUT2D eigenvalue weighted by Crippen LogP contribution is 2.37. The van der Waals surface area contributed by atoms with Crippen molar-refractivity contribution in [3.05, 3.63) is 94.5 Å². The van der Waals surface area contributed by atoms with Crippen LogP contribution in [0.4, 0.5) is 11.4 Å². The van der Waals surface area contributed by atoms with Crippen molar-refractivity contribution in [3.8, 4) is 0 Å². The van der Waals surface area contributed by atoms with Gasteiger partial charge in [-0.2, -0.15) is 0 Å². The zero-order valence-corrected chi connectivity index (χ0v) is 28.1. The predicted octanol–water partition coefficient (Wildman–Crippen LogP) is 5.14. The van der Waals surface area contributed by atoms with Gasteiger partial charge in [0.05, 0.1) is 5.60 Å². The van der Waals surface area contributed by atoms with Gasteiger partial charge in [-0.25, -0.2) is 0 Å². The number of nitrogens with zero attached hydrogens (tertiary/aromatic N) is 3. The fourth-order valence-electron chi connectivity index (χ4n) is 7.79. The normalized spacial score (nSPS) is 21.8. The molecule has 4 heterocycles. The average Bonchev–Trinajstić information content (AvgIpc) is 3.42. The molecule has 4 aliphatic rings. The summed E-state index contributed by atoms with van der Waals surface area (Å²) in [6.45, 7) is 9.24. The van der Waals surface area contributed by atoms with Crippen molar-refractivity contribution in [1.82, 2.24) is 15.1 Å². The van der Waals surface area contributed by atoms with Gasteiger partial charge in [0.2, 0.25) is 11.8 Å². The number of fused-ring (bicyclic) bond motifs is 1. The molecule has 9 nitrogen and oxygen atoms in total. The van der Waals surface area contributed by atoms with E-state index in [1.807, 2.05) is 12.1 Å². The fourth-order valence-corrected chi connectivity index (χ4v) is 7.79. The predicted molar refractivity (Wildman–Crippen MR) is 187 cm³/mol. The molecule has 1 unspecified atom stereocenters. The zero-order chi connectivity index (χ0) is 33.4. The average molecular weight is 650 g/mol. The first-order valence-corrected chi connectivity index (χ1v) is 17.6. The number of carbonyl (C=O) groups excluding carboxylic acids is 3. The van der Waals surface area contributed by atoms with Gasteiger partial charge in [0.25, 0.3) is 5.91 Å². The molecule has 252 valence electrons. The molecule has 0 aromatic heterocycles. The lowest BCUT2D eigenvalue weighted by atomic mass is 9.83. The summed E-state index contributed by atoms with van der Waals surface area (Å²) in [6, 6.07) is 23.3. The second kappa shape index (κ2) is 13.4. The number of benzene rings is 3. The number of hydrogen-bond donors (Lipinski definition) is 3. The van der Waals surface area contributed by atoms with Gasteiger partial charge >= 0.3 is 0 Å². The van der Waals surface area contributed by atoms with Crippen LogP contribution in [-0.4, -0.2) is 70.9 Å². The Kier molecular flexibility index (Phi) is 9.00. The van der Waals surface area contributed by atoms with E-state index < -0.39 is 17.6 Å². The molecule has 3 amide bonds. The molecular formula is C39H47N5O4. The first-order valence-electron chi connectivity index (χ1n) is 17.6. The number of nitrogens with one attached hydrogen (secondary N) is 2. The molecule has 48 heavy (non-hydrogen) atoms. The maximum absolute atomic E-state index is 13.1. The molecule has 0 saturated carbocycles. The summed E-state index contributed by atoms with van der Waals surface area (Å²) in [5.41, 5.74) is 6.40. The highest BCUT2D eigenvalue weighted by molar-refractivity contribution is 6.05. The Morgan fingerprint density at radius 2 is 1.60 bits per heavy atom. The molecule has 0 aliphatic carbocycles. The number of amides is 3. The number of aliphatic hydroxyl groups is 1. The second-order valence-electron chi connectivity index (χ2n) is 14.4. The molecule has 0 radical (unpaired) electrons. The van der Waals surface area contributed by atoms with Crippen LogP contribution in [0.1, 0.15) is 90.9 Å². The minimum atomic E-state index is -0.959. The number of hydrogen-bond acceptors (Lipinski definition) is 7. The van der Waals surface area contributed by atoms with Crippen LogP contribution >= 0.6 is 0 Å². The van der Waals surface area contributed by atoms with E-state index in [2.05, 4.69) is 82.8 Å². The van der Waals surface area contributed by atoms with Crippen molar-refractivity contribution < 1.29 is 19.5 Å². The molecule has 3 N–H and O–H groups in total. The number of piperidine rings is 3. The fraction of sp³-hybridized carbons (Fsp3) is 0.462. The van der Waals surface area contributed by atoms with E-state index in [9.17, 15) is 19.5 Å². The summed E-state index contributed by atoms with van der Waals surface area (Å²) in [6.07, 6.45) is 4.02. The van der Waals surface area contributed by atoms with Gasteiger partial charge in [-0.1, -0.05) is 50.2 Å². The summed E-state index contributed by atoms with van der Waals surface area (Å²) in [7, 11) is 0. The number of anilines is 2. The van der Waals surface area contributed by atoms with E-state index in [4.69, 9.17) is 0 Å². The molecule has 3 saturated heterocycles. The Bertz CT molecular complexity index is 1650. The van der Waals surface area contributed by atoms with E-state index >= 15 is 0 Å². The molecule has 3 aromatic carbocycles. The molecule has 1 atom stereocenters. The molecule has 0 spiro atoms. The lowest BCUT2D eigenvalue weighted by Crippen LogP contribution is -2.52. The third kappa shape index (κ3) is 6.71. The van der Waals surface area contributed by atoms with Crippen LogP contribution in [0.25, 0.3) is 0 Å². The molecule has 3 aromatic rings. The summed E-state index contributed by atoms with van der Waals surface area (Å²) in [4.78, 5) is 43.5. The van der Waals surface area contributed by atoms with E-state index in [0.717, 1.165) is 56.7 Å². The topological polar surface area (TPSA) is 105 Å². The quantitative estimate of drug-likeness (QED) is 0.291. The molecule has 9 heteroatoms. The second-order valence-corrected chi connectivity index (χ2v) is 14.4. The number of rotatable bonds is 8. The Balaban J connectivity index is 0.890. The Morgan fingerprint density at radius 1 is 0.896 bits per heavy atom. The Morgan fingerprint density at radius 3 is 2.27 bits per heavy atom. The van der Waals surface area contributed by atoms with Crippen LogP contribution in [0.2, 0.25) is 0 Å². The monoisotopic (exact) mass is 649 g/mol. The number of imide groups is 1. The minimum Gasteiger partial charge on any atom is -0.385 e. The first-order chi connectivity index (χ1) is 23.1. The lowest BCUT2D eigenvalue weighted by molar-refractivity contribution is -0.136. The number of likely N-dealkylation sites (tertiary alicyclic amines) is 1. The summed E-state index contributed by atoms with van der Waals surface area (Å²) in [5.74, 6) is -0.348. The molecular weight excluding hydrogens is 602 g/mol. The van der Waals surface area contributed by atoms with Crippen LogP contribution in [0, 0.1) is 0 Å². The van der Waals surface area contributed by atoms with E-state index in [1.165, 1.54) is 22.5 Å². The molecule has 4 aliphatic heterocycles. The molecule has 0 bridgehead atoms. The van der Waals surface area contributed by atoms with Crippen molar-refractivity contribution in [2.45, 2.75) is 89.1 Å². The van der Waals surface area contributed by atoms with Crippen molar-refractivity contribution in [2.75, 3.05) is 36.4 Å². The Hall–Kier alpha value is -4.21. The first kappa shape index (κ1) is 32.3. The third-order valence-electron chi connectivity index (χ3n) is 10.9. The van der Waals surface area contributed by atoms with Gasteiger partial charge in [0, 0.05) is 68.7 Å². The van der Waals surface area contributed by atoms with Crippen molar-refractivity contribution in [1.29, 1.82) is 0 Å². The molecule has 3 fully saturated rings. The van der Waals surface area contributed by atoms with Crippen LogP contribution < -0.4 is 15.5 Å². The largest absolute Gasteiger partial charge is 0.385 e. The van der Waals surface area contributed by atoms with Crippen molar-refractivity contribution >= 4 is 29.1 Å². The van der Waals surface area contributed by atoms with Gasteiger partial charge in [-0.05, 0) is 90.6 Å². The van der Waals surface area contributed by atoms with Crippen molar-refractivity contribution in [2.24, 2.45) is 0 Å². The number of carbonyl (C=O) groups is 3. The van der Waals surface area contributed by atoms with Crippen molar-refractivity contribution in [3.63, 3.8) is 0 Å². The highest BCUT2D eigenvalue weighted by Gasteiger charge is 2.41. The molecule has 7 rings (SSSR count). The summed E-state index contributed by atoms with van der Waals surface area (Å²) >= 11 is 0. The highest BCUT2D eigenvalue weighted by atomic mass is 16.3. The maximum Gasteiger partial charge on any atom is 0.255 e. The van der Waals surface area contributed by atoms with Crippen LogP contribution in [-0.2, 0) is 28.3 Å². The van der Waals surface area contributed by atoms with Gasteiger partial charge in [0.1, 0.15) is 6.04 Å². The van der Waals surface area contributed by atoms with Gasteiger partial charge in [-0.3, -0.25) is 24.6 Å². The van der Waals surface area contributed by atoms with Gasteiger partial charge in [-0.15, -0.1) is 0 Å². The van der Waals surface area contributed by atoms with Crippen LogP contribution in [0.3, 0.4) is 0 Å². The van der Waals surface area contributed by atoms with Crippen LogP contribution in [0.15, 0.2) is 66.7 Å². The SMILES string of the molecule is CC(C)c1ccc(NC2CCN(c3ccc(CN4CCC(O)(c5ccc6c(c5)CN(C5CCC(=O)NC5=O)C6=O)CC4)cc3)CC2)cc1. The zero-order valence-electron chi connectivity index (χ0n) is 28.1. The third-order valence-corrected chi connectivity index (χ3v) is 10.9. The smallest absolute Gasteiger partial charge is 0.255 e. The minimum absolute atomic E-state index is 0.191.